The number of piperidine rings is 1. The van der Waals surface area contributed by atoms with Crippen LogP contribution in [0.5, 0.6) is 5.75 Å². The number of methoxy groups -OCH3 is 1. The van der Waals surface area contributed by atoms with Gasteiger partial charge in [0.2, 0.25) is 11.8 Å². The van der Waals surface area contributed by atoms with Crippen LogP contribution in [-0.2, 0) is 9.59 Å². The number of likely N-dealkylation sites (tertiary alicyclic amines) is 1. The highest BCUT2D eigenvalue weighted by atomic mass is 16.5. The summed E-state index contributed by atoms with van der Waals surface area (Å²) in [6.45, 7) is 3.62. The molecule has 1 N–H and O–H groups in total. The number of carbonyl (C=O) groups excluding carboxylic acids is 2. The predicted octanol–water partition coefficient (Wildman–Crippen LogP) is 3.93. The molecule has 5 heteroatoms. The molecule has 0 aromatic heterocycles. The first kappa shape index (κ1) is 19.5. The molecule has 3 rings (SSSR count). The monoisotopic (exact) mass is 370 g/mol. The molecule has 5 nitrogen and oxygen atoms in total. The first-order chi connectivity index (χ1) is 13.1. The van der Waals surface area contributed by atoms with Gasteiger partial charge in [-0.25, -0.2) is 0 Å². The molecule has 0 radical (unpaired) electrons. The average molecular weight is 370 g/mol. The topological polar surface area (TPSA) is 58.6 Å². The normalized spacial score (nSPS) is 19.9. The largest absolute Gasteiger partial charge is 0.497 e. The van der Waals surface area contributed by atoms with Crippen LogP contribution in [0, 0.1) is 18.8 Å². The van der Waals surface area contributed by atoms with Gasteiger partial charge in [0.15, 0.2) is 0 Å². The Labute approximate surface area is 161 Å². The van der Waals surface area contributed by atoms with E-state index in [1.807, 2.05) is 30.0 Å². The maximum atomic E-state index is 12.6. The van der Waals surface area contributed by atoms with Crippen molar-refractivity contribution < 1.29 is 14.3 Å². The minimum Gasteiger partial charge on any atom is -0.497 e. The van der Waals surface area contributed by atoms with E-state index >= 15 is 0 Å². The molecular weight excluding hydrogens is 340 g/mol. The molecule has 0 spiro atoms. The molecule has 0 saturated carbocycles. The van der Waals surface area contributed by atoms with Crippen molar-refractivity contribution in [1.29, 1.82) is 0 Å². The number of hydrogen-bond donors (Lipinski definition) is 1. The van der Waals surface area contributed by atoms with Gasteiger partial charge >= 0.3 is 0 Å². The summed E-state index contributed by atoms with van der Waals surface area (Å²) in [7, 11) is 1.63. The molecule has 27 heavy (non-hydrogen) atoms. The fourth-order valence-electron chi connectivity index (χ4n) is 4.03. The van der Waals surface area contributed by atoms with E-state index in [9.17, 15) is 9.59 Å². The number of ether oxygens (including phenoxy) is 1. The van der Waals surface area contributed by atoms with E-state index in [0.29, 0.717) is 18.2 Å². The van der Waals surface area contributed by atoms with Gasteiger partial charge in [0.1, 0.15) is 5.75 Å². The number of allylic oxidation sites excluding steroid dienone is 2. The van der Waals surface area contributed by atoms with E-state index in [0.717, 1.165) is 62.2 Å². The lowest BCUT2D eigenvalue weighted by molar-refractivity contribution is -0.137. The quantitative estimate of drug-likeness (QED) is 0.772. The highest BCUT2D eigenvalue weighted by Crippen LogP contribution is 2.27. The van der Waals surface area contributed by atoms with Crippen LogP contribution in [0.3, 0.4) is 0 Å². The van der Waals surface area contributed by atoms with Crippen LogP contribution in [0.25, 0.3) is 0 Å². The van der Waals surface area contributed by atoms with E-state index in [-0.39, 0.29) is 11.8 Å². The van der Waals surface area contributed by atoms with Crippen molar-refractivity contribution in [3.8, 4) is 5.75 Å². The van der Waals surface area contributed by atoms with Gasteiger partial charge in [-0.15, -0.1) is 0 Å². The number of aryl methyl sites for hydroxylation is 1. The molecule has 2 amide bonds. The van der Waals surface area contributed by atoms with Gasteiger partial charge in [-0.1, -0.05) is 12.2 Å². The lowest BCUT2D eigenvalue weighted by Gasteiger charge is -2.34. The molecule has 1 aromatic rings. The molecule has 1 aliphatic carbocycles. The van der Waals surface area contributed by atoms with E-state index in [1.165, 1.54) is 0 Å². The van der Waals surface area contributed by atoms with Gasteiger partial charge in [-0.2, -0.15) is 0 Å². The van der Waals surface area contributed by atoms with Crippen molar-refractivity contribution >= 4 is 17.5 Å². The summed E-state index contributed by atoms with van der Waals surface area (Å²) < 4.78 is 5.20. The van der Waals surface area contributed by atoms with Gasteiger partial charge in [-0.3, -0.25) is 9.59 Å². The third kappa shape index (κ3) is 5.12. The molecule has 0 unspecified atom stereocenters. The Kier molecular flexibility index (Phi) is 6.54. The number of nitrogens with one attached hydrogen (secondary N) is 1. The first-order valence-corrected chi connectivity index (χ1v) is 9.95. The van der Waals surface area contributed by atoms with Gasteiger partial charge in [0, 0.05) is 31.1 Å². The lowest BCUT2D eigenvalue weighted by Crippen LogP contribution is -2.42. The summed E-state index contributed by atoms with van der Waals surface area (Å²) in [5, 5.41) is 3.00. The molecule has 1 fully saturated rings. The number of benzene rings is 1. The predicted molar refractivity (Wildman–Crippen MR) is 107 cm³/mol. The standard InChI is InChI=1S/C22H30N2O3/c1-16-14-19(27-2)10-11-20(16)23-21(25)12-9-17-6-5-13-24(15-17)22(26)18-7-3-4-8-18/h3-4,10-11,14,17-18H,5-9,12-13,15H2,1-2H3,(H,23,25)/t17-/m1/s1. The minimum atomic E-state index is 0.0340. The summed E-state index contributed by atoms with van der Waals surface area (Å²) in [4.78, 5) is 27.0. The van der Waals surface area contributed by atoms with Crippen LogP contribution in [0.2, 0.25) is 0 Å². The summed E-state index contributed by atoms with van der Waals surface area (Å²) in [6.07, 6.45) is 9.42. The number of nitrogens with zero attached hydrogens (tertiary/aromatic N) is 1. The number of rotatable bonds is 6. The van der Waals surface area contributed by atoms with Crippen molar-refractivity contribution in [2.24, 2.45) is 11.8 Å². The lowest BCUT2D eigenvalue weighted by atomic mass is 9.92. The van der Waals surface area contributed by atoms with Crippen LogP contribution in [0.1, 0.15) is 44.1 Å². The van der Waals surface area contributed by atoms with E-state index in [4.69, 9.17) is 4.74 Å². The van der Waals surface area contributed by atoms with Crippen LogP contribution in [0.4, 0.5) is 5.69 Å². The zero-order valence-corrected chi connectivity index (χ0v) is 16.4. The Morgan fingerprint density at radius 1 is 1.26 bits per heavy atom. The van der Waals surface area contributed by atoms with Crippen LogP contribution >= 0.6 is 0 Å². The molecule has 0 bridgehead atoms. The SMILES string of the molecule is COc1ccc(NC(=O)CC[C@H]2CCCN(C(=O)C3CC=CC3)C2)c(C)c1. The molecule has 1 aliphatic heterocycles. The second-order valence-electron chi connectivity index (χ2n) is 7.70. The van der Waals surface area contributed by atoms with Gasteiger partial charge in [0.05, 0.1) is 7.11 Å². The maximum absolute atomic E-state index is 12.6. The van der Waals surface area contributed by atoms with Gasteiger partial charge in [-0.05, 0) is 68.7 Å². The second-order valence-corrected chi connectivity index (χ2v) is 7.70. The van der Waals surface area contributed by atoms with Crippen molar-refractivity contribution in [3.63, 3.8) is 0 Å². The number of carbonyl (C=O) groups is 2. The van der Waals surface area contributed by atoms with Crippen LogP contribution in [-0.4, -0.2) is 36.9 Å². The molecule has 1 aromatic carbocycles. The molecule has 1 saturated heterocycles. The zero-order chi connectivity index (χ0) is 19.2. The summed E-state index contributed by atoms with van der Waals surface area (Å²) in [5.74, 6) is 1.68. The first-order valence-electron chi connectivity index (χ1n) is 9.95. The molecular formula is C22H30N2O3. The van der Waals surface area contributed by atoms with E-state index in [1.54, 1.807) is 7.11 Å². The fraction of sp³-hybridized carbons (Fsp3) is 0.545. The molecule has 1 atom stereocenters. The molecule has 146 valence electrons. The van der Waals surface area contributed by atoms with Crippen molar-refractivity contribution in [3.05, 3.63) is 35.9 Å². The third-order valence-electron chi connectivity index (χ3n) is 5.68. The van der Waals surface area contributed by atoms with Crippen LogP contribution < -0.4 is 10.1 Å². The van der Waals surface area contributed by atoms with Crippen LogP contribution in [0.15, 0.2) is 30.4 Å². The van der Waals surface area contributed by atoms with Crippen molar-refractivity contribution in [2.45, 2.75) is 45.4 Å². The minimum absolute atomic E-state index is 0.0340. The highest BCUT2D eigenvalue weighted by molar-refractivity contribution is 5.91. The Morgan fingerprint density at radius 3 is 2.74 bits per heavy atom. The maximum Gasteiger partial charge on any atom is 0.226 e. The Morgan fingerprint density at radius 2 is 2.04 bits per heavy atom. The third-order valence-corrected chi connectivity index (χ3v) is 5.68. The average Bonchev–Trinajstić information content (AvgIpc) is 3.22. The number of amides is 2. The van der Waals surface area contributed by atoms with E-state index in [2.05, 4.69) is 17.5 Å². The van der Waals surface area contributed by atoms with E-state index < -0.39 is 0 Å². The number of hydrogen-bond acceptors (Lipinski definition) is 3. The van der Waals surface area contributed by atoms with Crippen molar-refractivity contribution in [1.82, 2.24) is 4.90 Å². The number of anilines is 1. The summed E-state index contributed by atoms with van der Waals surface area (Å²) in [6, 6.07) is 5.64. The fourth-order valence-corrected chi connectivity index (χ4v) is 4.03. The Balaban J connectivity index is 1.46. The Hall–Kier alpha value is -2.30. The molecule has 1 heterocycles. The molecule has 2 aliphatic rings. The highest BCUT2D eigenvalue weighted by Gasteiger charge is 2.29. The summed E-state index contributed by atoms with van der Waals surface area (Å²) >= 11 is 0. The van der Waals surface area contributed by atoms with Gasteiger partial charge < -0.3 is 15.0 Å². The Bertz CT molecular complexity index is 706. The zero-order valence-electron chi connectivity index (χ0n) is 16.4. The smallest absolute Gasteiger partial charge is 0.226 e. The second kappa shape index (κ2) is 9.07. The summed E-state index contributed by atoms with van der Waals surface area (Å²) in [5.41, 5.74) is 1.82. The van der Waals surface area contributed by atoms with Gasteiger partial charge in [0.25, 0.3) is 0 Å². The van der Waals surface area contributed by atoms with Crippen molar-refractivity contribution in [2.75, 3.05) is 25.5 Å².